The first-order valence-corrected chi connectivity index (χ1v) is 19.5. The zero-order valence-corrected chi connectivity index (χ0v) is 29.8. The summed E-state index contributed by atoms with van der Waals surface area (Å²) in [4.78, 5) is 5.49. The van der Waals surface area contributed by atoms with E-state index in [1.807, 2.05) is 59.2 Å². The molecule has 1 aromatic heterocycles. The van der Waals surface area contributed by atoms with Crippen molar-refractivity contribution in [1.29, 1.82) is 0 Å². The van der Waals surface area contributed by atoms with Crippen LogP contribution in [0.3, 0.4) is 0 Å². The Kier molecular flexibility index (Phi) is 6.61. The molecule has 4 nitrogen and oxygen atoms in total. The molecule has 0 aliphatic carbocycles. The number of fused-ring (bicyclic) bond motifs is 5. The van der Waals surface area contributed by atoms with Gasteiger partial charge in [0.15, 0.2) is 0 Å². The molecule has 254 valence electrons. The average Bonchev–Trinajstić information content (AvgIpc) is 3.62. The Morgan fingerprint density at radius 1 is 0.407 bits per heavy atom. The fourth-order valence-electron chi connectivity index (χ4n) is 8.47. The number of hydrogen-bond donors (Lipinski definition) is 0. The lowest BCUT2D eigenvalue weighted by atomic mass is 9.84. The summed E-state index contributed by atoms with van der Waals surface area (Å²) in [5.41, 5.74) is 9.18. The molecule has 5 heteroatoms. The van der Waals surface area contributed by atoms with Crippen LogP contribution in [0.2, 0.25) is 0 Å². The van der Waals surface area contributed by atoms with Gasteiger partial charge in [-0.2, -0.15) is 0 Å². The van der Waals surface area contributed by atoms with Gasteiger partial charge in [0.1, 0.15) is 5.82 Å². The van der Waals surface area contributed by atoms with Crippen molar-refractivity contribution in [2.24, 2.45) is 0 Å². The third kappa shape index (κ3) is 4.49. The average molecular weight is 711 g/mol. The summed E-state index contributed by atoms with van der Waals surface area (Å²) in [7, 11) is -3.85. The first kappa shape index (κ1) is 30.8. The van der Waals surface area contributed by atoms with Crippen molar-refractivity contribution in [1.82, 2.24) is 9.55 Å². The van der Waals surface area contributed by atoms with Crippen molar-refractivity contribution in [3.63, 3.8) is 0 Å². The normalized spacial score (nSPS) is 13.1. The van der Waals surface area contributed by atoms with E-state index in [4.69, 9.17) is 4.98 Å². The van der Waals surface area contributed by atoms with Gasteiger partial charge < -0.3 is 0 Å². The predicted molar refractivity (Wildman–Crippen MR) is 221 cm³/mol. The van der Waals surface area contributed by atoms with Crippen LogP contribution in [-0.4, -0.2) is 18.0 Å². The number of nitrogens with zero attached hydrogens (tertiary/aromatic N) is 2. The molecule has 0 saturated heterocycles. The molecule has 0 N–H and O–H groups in total. The molecule has 10 aromatic rings. The predicted octanol–water partition coefficient (Wildman–Crippen LogP) is 12.3. The Hall–Kier alpha value is -6.82. The van der Waals surface area contributed by atoms with Crippen LogP contribution in [0.15, 0.2) is 192 Å². The van der Waals surface area contributed by atoms with E-state index in [9.17, 15) is 8.42 Å². The van der Waals surface area contributed by atoms with Crippen LogP contribution < -0.4 is 0 Å². The number of hydrogen-bond acceptors (Lipinski definition) is 3. The molecular formula is C49H30N2O2S. The van der Waals surface area contributed by atoms with E-state index in [2.05, 4.69) is 115 Å². The molecule has 9 aromatic carbocycles. The standard InChI is InChI=1S/C49H30N2O2S/c52-54(53)44-21-11-20-42-48(44)51(49(50-42)33-15-5-2-6-16-33)43-27-25-36(30-45(43)54)35-24-26-40-41(29-35)47(37-23-22-31-12-7-8-17-34(31)28-37)39-19-10-9-18-38(39)46(40)32-13-3-1-4-14-32/h1-30H. The summed E-state index contributed by atoms with van der Waals surface area (Å²) in [5.74, 6) is 0.716. The summed E-state index contributed by atoms with van der Waals surface area (Å²) < 4.78 is 31.0. The molecule has 54 heavy (non-hydrogen) atoms. The van der Waals surface area contributed by atoms with Crippen LogP contribution in [0, 0.1) is 0 Å². The summed E-state index contributed by atoms with van der Waals surface area (Å²) in [6.45, 7) is 0. The first-order chi connectivity index (χ1) is 26.5. The topological polar surface area (TPSA) is 52.0 Å². The smallest absolute Gasteiger partial charge is 0.210 e. The summed E-state index contributed by atoms with van der Waals surface area (Å²) in [6.07, 6.45) is 0. The molecule has 0 radical (unpaired) electrons. The third-order valence-electron chi connectivity index (χ3n) is 10.9. The van der Waals surface area contributed by atoms with Gasteiger partial charge in [0.2, 0.25) is 9.84 Å². The van der Waals surface area contributed by atoms with Crippen molar-refractivity contribution >= 4 is 53.2 Å². The van der Waals surface area contributed by atoms with Gasteiger partial charge in [-0.3, -0.25) is 4.57 Å². The maximum atomic E-state index is 14.5. The number of benzene rings is 9. The minimum Gasteiger partial charge on any atom is -0.290 e. The van der Waals surface area contributed by atoms with Crippen LogP contribution >= 0.6 is 0 Å². The van der Waals surface area contributed by atoms with Gasteiger partial charge >= 0.3 is 0 Å². The van der Waals surface area contributed by atoms with E-state index in [1.54, 1.807) is 12.1 Å². The van der Waals surface area contributed by atoms with Crippen LogP contribution in [0.1, 0.15) is 0 Å². The highest BCUT2D eigenvalue weighted by Crippen LogP contribution is 2.47. The third-order valence-corrected chi connectivity index (χ3v) is 12.7. The first-order valence-electron chi connectivity index (χ1n) is 18.0. The zero-order chi connectivity index (χ0) is 36.0. The van der Waals surface area contributed by atoms with Gasteiger partial charge in [0, 0.05) is 5.56 Å². The second-order valence-electron chi connectivity index (χ2n) is 13.9. The molecule has 2 heterocycles. The highest BCUT2D eigenvalue weighted by atomic mass is 32.2. The molecule has 0 bridgehead atoms. The summed E-state index contributed by atoms with van der Waals surface area (Å²) >= 11 is 0. The number of para-hydroxylation sites is 1. The molecule has 0 saturated carbocycles. The summed E-state index contributed by atoms with van der Waals surface area (Å²) in [5, 5.41) is 6.97. The minimum absolute atomic E-state index is 0.272. The Morgan fingerprint density at radius 3 is 1.80 bits per heavy atom. The van der Waals surface area contributed by atoms with Crippen LogP contribution in [0.4, 0.5) is 0 Å². The highest BCUT2D eigenvalue weighted by Gasteiger charge is 2.34. The van der Waals surface area contributed by atoms with Gasteiger partial charge in [-0.15, -0.1) is 0 Å². The molecule has 11 rings (SSSR count). The SMILES string of the molecule is O=S1(=O)c2cc(-c3ccc4c(-c5ccccc5)c5ccccc5c(-c5ccc6ccccc6c5)c4c3)ccc2-n2c(-c3ccccc3)nc3cccc1c32. The maximum Gasteiger partial charge on any atom is 0.210 e. The van der Waals surface area contributed by atoms with Gasteiger partial charge in [0.25, 0.3) is 0 Å². The molecule has 1 aliphatic heterocycles. The van der Waals surface area contributed by atoms with Crippen molar-refractivity contribution in [3.05, 3.63) is 182 Å². The molecule has 1 aliphatic rings. The molecular weight excluding hydrogens is 681 g/mol. The fraction of sp³-hybridized carbons (Fsp3) is 0. The second-order valence-corrected chi connectivity index (χ2v) is 15.8. The Bertz CT molecular complexity index is 3280. The highest BCUT2D eigenvalue weighted by molar-refractivity contribution is 7.92. The molecule has 0 atom stereocenters. The van der Waals surface area contributed by atoms with Gasteiger partial charge in [0.05, 0.1) is 26.5 Å². The van der Waals surface area contributed by atoms with E-state index < -0.39 is 9.84 Å². The second kappa shape index (κ2) is 11.6. The van der Waals surface area contributed by atoms with Gasteiger partial charge in [-0.1, -0.05) is 146 Å². The monoisotopic (exact) mass is 710 g/mol. The molecule has 0 amide bonds. The van der Waals surface area contributed by atoms with Crippen molar-refractivity contribution in [3.8, 4) is 50.5 Å². The number of imidazole rings is 1. The van der Waals surface area contributed by atoms with E-state index in [0.29, 0.717) is 22.5 Å². The summed E-state index contributed by atoms with van der Waals surface area (Å²) in [6, 6.07) is 62.1. The van der Waals surface area contributed by atoms with E-state index >= 15 is 0 Å². The number of aromatic nitrogens is 2. The Morgan fingerprint density at radius 2 is 1.02 bits per heavy atom. The minimum atomic E-state index is -3.85. The quantitative estimate of drug-likeness (QED) is 0.171. The van der Waals surface area contributed by atoms with Gasteiger partial charge in [-0.05, 0) is 102 Å². The molecule has 0 unspecified atom stereocenters. The van der Waals surface area contributed by atoms with Crippen LogP contribution in [-0.2, 0) is 9.84 Å². The van der Waals surface area contributed by atoms with Crippen molar-refractivity contribution in [2.75, 3.05) is 0 Å². The van der Waals surface area contributed by atoms with Crippen molar-refractivity contribution < 1.29 is 8.42 Å². The van der Waals surface area contributed by atoms with E-state index in [-0.39, 0.29) is 9.79 Å². The zero-order valence-electron chi connectivity index (χ0n) is 28.9. The Balaban J connectivity index is 1.18. The fourth-order valence-corrected chi connectivity index (χ4v) is 10.1. The number of rotatable bonds is 4. The van der Waals surface area contributed by atoms with E-state index in [1.165, 1.54) is 27.1 Å². The van der Waals surface area contributed by atoms with E-state index in [0.717, 1.165) is 44.2 Å². The number of sulfone groups is 1. The van der Waals surface area contributed by atoms with Gasteiger partial charge in [-0.25, -0.2) is 13.4 Å². The van der Waals surface area contributed by atoms with Crippen molar-refractivity contribution in [2.45, 2.75) is 9.79 Å². The van der Waals surface area contributed by atoms with Crippen LogP contribution in [0.5, 0.6) is 0 Å². The lowest BCUT2D eigenvalue weighted by Gasteiger charge is -2.22. The van der Waals surface area contributed by atoms with Crippen LogP contribution in [0.25, 0.3) is 93.8 Å². The largest absolute Gasteiger partial charge is 0.290 e. The Labute approximate surface area is 312 Å². The lowest BCUT2D eigenvalue weighted by Crippen LogP contribution is -2.15. The maximum absolute atomic E-state index is 14.5. The molecule has 0 fully saturated rings. The molecule has 0 spiro atoms. The lowest BCUT2D eigenvalue weighted by molar-refractivity contribution is 0.594.